The summed E-state index contributed by atoms with van der Waals surface area (Å²) in [5, 5.41) is 0. The van der Waals surface area contributed by atoms with Gasteiger partial charge in [0, 0.05) is 0 Å². The number of hydrogen-bond donors (Lipinski definition) is 0. The number of hydrogen-bond acceptors (Lipinski definition) is 0. The van der Waals surface area contributed by atoms with Gasteiger partial charge in [-0.25, -0.2) is 0 Å². The van der Waals surface area contributed by atoms with E-state index >= 15 is 0 Å². The molecule has 0 fully saturated rings. The Morgan fingerprint density at radius 2 is 0.484 bits per heavy atom. The van der Waals surface area contributed by atoms with E-state index in [1.165, 1.54) is 128 Å². The maximum atomic E-state index is 2.41. The van der Waals surface area contributed by atoms with Crippen molar-refractivity contribution in [1.82, 2.24) is 0 Å². The molecular weight excluding hydrogens is 391 g/mol. The van der Waals surface area contributed by atoms with Crippen molar-refractivity contribution in [3.05, 3.63) is 0 Å². The summed E-state index contributed by atoms with van der Waals surface area (Å²) in [5.74, 6) is 0. The zero-order chi connectivity index (χ0) is 22.9. The molecule has 190 valence electrons. The summed E-state index contributed by atoms with van der Waals surface area (Å²) in [6.45, 7) is 9.47. The number of unbranched alkanes of at least 4 members (excludes halogenated alkanes) is 18. The van der Waals surface area contributed by atoms with Gasteiger partial charge in [0.15, 0.2) is 0 Å². The summed E-state index contributed by atoms with van der Waals surface area (Å²) in [4.78, 5) is 0. The Labute approximate surface area is 200 Å². The third kappa shape index (κ3) is 20.7. The zero-order valence-electron chi connectivity index (χ0n) is 22.9. The van der Waals surface area contributed by atoms with E-state index in [1.54, 1.807) is 37.5 Å². The average Bonchev–Trinajstić information content (AvgIpc) is 2.79. The molecule has 0 aliphatic heterocycles. The fraction of sp³-hybridized carbons (Fsp3) is 1.00. The Balaban J connectivity index is 4.20. The van der Waals surface area contributed by atoms with E-state index < -0.39 is 7.26 Å². The van der Waals surface area contributed by atoms with E-state index in [-0.39, 0.29) is 0 Å². The van der Waals surface area contributed by atoms with Crippen LogP contribution in [-0.4, -0.2) is 24.6 Å². The predicted octanol–water partition coefficient (Wildman–Crippen LogP) is 11.4. The molecule has 0 heterocycles. The Kier molecular flexibility index (Phi) is 25.4. The minimum atomic E-state index is -1.01. The van der Waals surface area contributed by atoms with Crippen LogP contribution in [0.1, 0.15) is 169 Å². The third-order valence-corrected chi connectivity index (χ3v) is 13.4. The van der Waals surface area contributed by atoms with Crippen molar-refractivity contribution in [2.24, 2.45) is 0 Å². The predicted molar refractivity (Wildman–Crippen MR) is 152 cm³/mol. The molecule has 0 bridgehead atoms. The van der Waals surface area contributed by atoms with Gasteiger partial charge in [0.2, 0.25) is 0 Å². The maximum absolute atomic E-state index is 2.41. The van der Waals surface area contributed by atoms with Crippen LogP contribution in [0.2, 0.25) is 0 Å². The van der Waals surface area contributed by atoms with E-state index in [2.05, 4.69) is 27.7 Å². The number of rotatable bonds is 26. The van der Waals surface area contributed by atoms with E-state index in [1.807, 2.05) is 0 Å². The van der Waals surface area contributed by atoms with Crippen LogP contribution in [-0.2, 0) is 0 Å². The summed E-state index contributed by atoms with van der Waals surface area (Å²) in [5.41, 5.74) is 0. The van der Waals surface area contributed by atoms with Crippen LogP contribution >= 0.6 is 7.26 Å². The second-order valence-electron chi connectivity index (χ2n) is 10.9. The fourth-order valence-electron chi connectivity index (χ4n) is 5.47. The first-order chi connectivity index (χ1) is 15.2. The van der Waals surface area contributed by atoms with E-state index in [0.717, 1.165) is 0 Å². The molecule has 0 N–H and O–H groups in total. The van der Waals surface area contributed by atoms with Gasteiger partial charge in [0.05, 0.1) is 0 Å². The molecule has 0 aromatic carbocycles. The van der Waals surface area contributed by atoms with Crippen molar-refractivity contribution < 1.29 is 0 Å². The molecule has 0 aliphatic carbocycles. The van der Waals surface area contributed by atoms with Crippen molar-refractivity contribution in [2.75, 3.05) is 24.6 Å². The van der Waals surface area contributed by atoms with Crippen LogP contribution in [0.15, 0.2) is 0 Å². The first-order valence-electron chi connectivity index (χ1n) is 15.2. The topological polar surface area (TPSA) is 0 Å². The summed E-state index contributed by atoms with van der Waals surface area (Å²) in [6, 6.07) is 0. The molecule has 0 saturated carbocycles. The summed E-state index contributed by atoms with van der Waals surface area (Å²) in [6.07, 6.45) is 39.2. The molecular formula is C30H65P. The molecule has 0 saturated heterocycles. The van der Waals surface area contributed by atoms with Gasteiger partial charge in [0.25, 0.3) is 0 Å². The van der Waals surface area contributed by atoms with Crippen molar-refractivity contribution >= 4 is 7.26 Å². The van der Waals surface area contributed by atoms with Crippen LogP contribution < -0.4 is 0 Å². The standard InChI is InChI=1S/C30H65P/c1-5-9-13-15-17-19-21-23-25-29-31(27-11-7-3,28-12-8-4)30-26-24-22-20-18-16-14-10-6-2/h31H,5-30H2,1-4H3. The second-order valence-corrected chi connectivity index (χ2v) is 15.9. The molecule has 0 amide bonds. The average molecular weight is 457 g/mol. The van der Waals surface area contributed by atoms with Crippen molar-refractivity contribution in [1.29, 1.82) is 0 Å². The first-order valence-corrected chi connectivity index (χ1v) is 18.1. The summed E-state index contributed by atoms with van der Waals surface area (Å²) >= 11 is 0. The van der Waals surface area contributed by atoms with Crippen LogP contribution in [0.25, 0.3) is 0 Å². The molecule has 1 heteroatoms. The molecule has 0 spiro atoms. The molecule has 0 atom stereocenters. The fourth-order valence-corrected chi connectivity index (χ4v) is 11.2. The van der Waals surface area contributed by atoms with E-state index in [9.17, 15) is 0 Å². The van der Waals surface area contributed by atoms with Crippen molar-refractivity contribution in [3.8, 4) is 0 Å². The van der Waals surface area contributed by atoms with Gasteiger partial charge >= 0.3 is 201 Å². The van der Waals surface area contributed by atoms with Gasteiger partial charge < -0.3 is 0 Å². The molecule has 0 aromatic rings. The van der Waals surface area contributed by atoms with E-state index in [0.29, 0.717) is 0 Å². The molecule has 0 nitrogen and oxygen atoms in total. The Morgan fingerprint density at radius 1 is 0.258 bits per heavy atom. The minimum absolute atomic E-state index is 1.01. The van der Waals surface area contributed by atoms with Gasteiger partial charge in [-0.15, -0.1) is 0 Å². The SMILES string of the molecule is CCCCCCCCCCC[PH](CCCC)(CCCC)CCCCCCCCCCC. The van der Waals surface area contributed by atoms with E-state index in [4.69, 9.17) is 0 Å². The zero-order valence-corrected chi connectivity index (χ0v) is 23.9. The normalized spacial score (nSPS) is 12.5. The van der Waals surface area contributed by atoms with Gasteiger partial charge in [-0.2, -0.15) is 0 Å². The van der Waals surface area contributed by atoms with Crippen LogP contribution in [0, 0.1) is 0 Å². The first kappa shape index (κ1) is 31.4. The molecule has 0 radical (unpaired) electrons. The van der Waals surface area contributed by atoms with Gasteiger partial charge in [-0.1, -0.05) is 0 Å². The Bertz CT molecular complexity index is 292. The quantitative estimate of drug-likeness (QED) is 0.0896. The molecule has 0 aromatic heterocycles. The van der Waals surface area contributed by atoms with Gasteiger partial charge in [-0.05, 0) is 0 Å². The van der Waals surface area contributed by atoms with Crippen LogP contribution in [0.4, 0.5) is 0 Å². The summed E-state index contributed by atoms with van der Waals surface area (Å²) < 4.78 is 0. The van der Waals surface area contributed by atoms with Crippen molar-refractivity contribution in [2.45, 2.75) is 169 Å². The molecule has 0 aliphatic rings. The molecule has 0 rings (SSSR count). The monoisotopic (exact) mass is 456 g/mol. The molecule has 0 unspecified atom stereocenters. The Morgan fingerprint density at radius 3 is 0.774 bits per heavy atom. The van der Waals surface area contributed by atoms with Crippen LogP contribution in [0.3, 0.4) is 0 Å². The van der Waals surface area contributed by atoms with Crippen LogP contribution in [0.5, 0.6) is 0 Å². The van der Waals surface area contributed by atoms with Gasteiger partial charge in [0.1, 0.15) is 0 Å². The second kappa shape index (κ2) is 25.1. The third-order valence-electron chi connectivity index (χ3n) is 7.74. The summed E-state index contributed by atoms with van der Waals surface area (Å²) in [7, 11) is -1.01. The Hall–Kier alpha value is 0.430. The molecule has 31 heavy (non-hydrogen) atoms. The van der Waals surface area contributed by atoms with Gasteiger partial charge in [-0.3, -0.25) is 0 Å². The van der Waals surface area contributed by atoms with Crippen molar-refractivity contribution in [3.63, 3.8) is 0 Å².